The molecule has 2 heterocycles. The predicted molar refractivity (Wildman–Crippen MR) is 80.2 cm³/mol. The van der Waals surface area contributed by atoms with Crippen LogP contribution in [0.25, 0.3) is 10.1 Å². The summed E-state index contributed by atoms with van der Waals surface area (Å²) < 4.78 is 0.764. The normalized spacial score (nSPS) is 17.8. The van der Waals surface area contributed by atoms with Crippen molar-refractivity contribution in [3.63, 3.8) is 0 Å². The van der Waals surface area contributed by atoms with E-state index in [0.29, 0.717) is 29.6 Å². The largest absolute Gasteiger partial charge is 0.480 e. The summed E-state index contributed by atoms with van der Waals surface area (Å²) in [6.07, 6.45) is 1.12. The lowest BCUT2D eigenvalue weighted by molar-refractivity contribution is -0.384. The highest BCUT2D eigenvalue weighted by molar-refractivity contribution is 7.20. The van der Waals surface area contributed by atoms with Crippen LogP contribution >= 0.6 is 11.3 Å². The number of carbonyl (C=O) groups excluding carboxylic acids is 1. The molecule has 7 nitrogen and oxygen atoms in total. The Kier molecular flexibility index (Phi) is 3.53. The van der Waals surface area contributed by atoms with E-state index < -0.39 is 16.9 Å². The standard InChI is InChI=1S/C14H12N2O5S/c17-13(15-5-1-2-10(15)14(18)19)12-7-8-6-9(16(20)21)3-4-11(8)22-12/h3-4,6-7,10H,1-2,5H2,(H,18,19). The quantitative estimate of drug-likeness (QED) is 0.691. The van der Waals surface area contributed by atoms with Gasteiger partial charge in [0.1, 0.15) is 6.04 Å². The number of non-ortho nitro benzene ring substituents is 1. The van der Waals surface area contributed by atoms with Crippen molar-refractivity contribution in [2.24, 2.45) is 0 Å². The molecule has 1 aliphatic heterocycles. The number of likely N-dealkylation sites (tertiary alicyclic amines) is 1. The van der Waals surface area contributed by atoms with Crippen LogP contribution in [0.2, 0.25) is 0 Å². The van der Waals surface area contributed by atoms with Gasteiger partial charge in [0.15, 0.2) is 0 Å². The van der Waals surface area contributed by atoms with Gasteiger partial charge < -0.3 is 10.0 Å². The maximum Gasteiger partial charge on any atom is 0.326 e. The highest BCUT2D eigenvalue weighted by atomic mass is 32.1. The topological polar surface area (TPSA) is 101 Å². The Hall–Kier alpha value is -2.48. The lowest BCUT2D eigenvalue weighted by atomic mass is 10.2. The van der Waals surface area contributed by atoms with Crippen LogP contribution in [0.15, 0.2) is 24.3 Å². The molecular formula is C14H12N2O5S. The number of carboxylic acid groups (broad SMARTS) is 1. The second-order valence-electron chi connectivity index (χ2n) is 5.08. The van der Waals surface area contributed by atoms with E-state index in [1.54, 1.807) is 12.1 Å². The van der Waals surface area contributed by atoms with Crippen molar-refractivity contribution < 1.29 is 19.6 Å². The Morgan fingerprint density at radius 3 is 2.82 bits per heavy atom. The molecule has 1 aliphatic rings. The third-order valence-electron chi connectivity index (χ3n) is 3.72. The number of amides is 1. The monoisotopic (exact) mass is 320 g/mol. The summed E-state index contributed by atoms with van der Waals surface area (Å²) in [4.78, 5) is 35.7. The zero-order valence-electron chi connectivity index (χ0n) is 11.4. The average molecular weight is 320 g/mol. The molecule has 0 spiro atoms. The molecule has 1 aromatic heterocycles. The van der Waals surface area contributed by atoms with Crippen molar-refractivity contribution in [2.75, 3.05) is 6.54 Å². The number of hydrogen-bond donors (Lipinski definition) is 1. The van der Waals surface area contributed by atoms with E-state index in [1.807, 2.05) is 0 Å². The van der Waals surface area contributed by atoms with E-state index in [1.165, 1.54) is 28.4 Å². The number of thiophene rings is 1. The molecule has 1 N–H and O–H groups in total. The first kappa shape index (κ1) is 14.5. The minimum Gasteiger partial charge on any atom is -0.480 e. The minimum atomic E-state index is -0.998. The molecule has 2 aromatic rings. The number of nitro benzene ring substituents is 1. The van der Waals surface area contributed by atoms with Gasteiger partial charge in [-0.1, -0.05) is 0 Å². The number of benzene rings is 1. The lowest BCUT2D eigenvalue weighted by Gasteiger charge is -2.20. The number of hydrogen-bond acceptors (Lipinski definition) is 5. The summed E-state index contributed by atoms with van der Waals surface area (Å²) in [6, 6.07) is 5.22. The molecule has 0 saturated carbocycles. The Morgan fingerprint density at radius 2 is 2.14 bits per heavy atom. The summed E-state index contributed by atoms with van der Waals surface area (Å²) in [7, 11) is 0. The summed E-state index contributed by atoms with van der Waals surface area (Å²) in [5, 5.41) is 20.6. The highest BCUT2D eigenvalue weighted by Gasteiger charge is 2.35. The van der Waals surface area contributed by atoms with Crippen LogP contribution in [0.1, 0.15) is 22.5 Å². The molecule has 114 valence electrons. The maximum absolute atomic E-state index is 12.5. The van der Waals surface area contributed by atoms with Gasteiger partial charge in [-0.05, 0) is 25.0 Å². The van der Waals surface area contributed by atoms with Gasteiger partial charge in [0.2, 0.25) is 0 Å². The summed E-state index contributed by atoms with van der Waals surface area (Å²) in [6.45, 7) is 0.421. The zero-order valence-corrected chi connectivity index (χ0v) is 12.2. The molecule has 1 unspecified atom stereocenters. The highest BCUT2D eigenvalue weighted by Crippen LogP contribution is 2.31. The van der Waals surface area contributed by atoms with Crippen molar-refractivity contribution in [1.82, 2.24) is 4.90 Å². The number of fused-ring (bicyclic) bond motifs is 1. The second-order valence-corrected chi connectivity index (χ2v) is 6.17. The Morgan fingerprint density at radius 1 is 1.36 bits per heavy atom. The first-order valence-corrected chi connectivity index (χ1v) is 7.51. The predicted octanol–water partition coefficient (Wildman–Crippen LogP) is 2.50. The van der Waals surface area contributed by atoms with Gasteiger partial charge in [-0.15, -0.1) is 11.3 Å². The van der Waals surface area contributed by atoms with Crippen molar-refractivity contribution >= 4 is 39.0 Å². The van der Waals surface area contributed by atoms with E-state index >= 15 is 0 Å². The van der Waals surface area contributed by atoms with Crippen LogP contribution in [0.5, 0.6) is 0 Å². The van der Waals surface area contributed by atoms with Crippen LogP contribution in [0.4, 0.5) is 5.69 Å². The molecular weight excluding hydrogens is 308 g/mol. The SMILES string of the molecule is O=C(O)C1CCCN1C(=O)c1cc2cc([N+](=O)[O-])ccc2s1. The third kappa shape index (κ3) is 2.41. The minimum absolute atomic E-state index is 0.0334. The molecule has 0 aliphatic carbocycles. The molecule has 3 rings (SSSR count). The molecule has 0 radical (unpaired) electrons. The van der Waals surface area contributed by atoms with E-state index in [9.17, 15) is 19.7 Å². The van der Waals surface area contributed by atoms with E-state index in [4.69, 9.17) is 5.11 Å². The van der Waals surface area contributed by atoms with Gasteiger partial charge in [0.25, 0.3) is 11.6 Å². The van der Waals surface area contributed by atoms with Gasteiger partial charge >= 0.3 is 5.97 Å². The van der Waals surface area contributed by atoms with Gasteiger partial charge in [-0.3, -0.25) is 14.9 Å². The fourth-order valence-electron chi connectivity index (χ4n) is 2.66. The van der Waals surface area contributed by atoms with Crippen molar-refractivity contribution in [3.8, 4) is 0 Å². The zero-order chi connectivity index (χ0) is 15.9. The van der Waals surface area contributed by atoms with Crippen LogP contribution in [-0.4, -0.2) is 39.4 Å². The van der Waals surface area contributed by atoms with Gasteiger partial charge in [0.05, 0.1) is 9.80 Å². The van der Waals surface area contributed by atoms with Crippen LogP contribution in [0.3, 0.4) is 0 Å². The van der Waals surface area contributed by atoms with Crippen LogP contribution in [-0.2, 0) is 4.79 Å². The fourth-order valence-corrected chi connectivity index (χ4v) is 3.66. The van der Waals surface area contributed by atoms with Crippen molar-refractivity contribution in [3.05, 3.63) is 39.3 Å². The van der Waals surface area contributed by atoms with Gasteiger partial charge in [-0.2, -0.15) is 0 Å². The van der Waals surface area contributed by atoms with Crippen LogP contribution < -0.4 is 0 Å². The number of carboxylic acids is 1. The molecule has 1 atom stereocenters. The number of carbonyl (C=O) groups is 2. The number of nitrogens with zero attached hydrogens (tertiary/aromatic N) is 2. The Labute approximate surface area is 128 Å². The maximum atomic E-state index is 12.5. The number of rotatable bonds is 3. The summed E-state index contributed by atoms with van der Waals surface area (Å²) in [5.74, 6) is -1.32. The smallest absolute Gasteiger partial charge is 0.326 e. The molecule has 1 saturated heterocycles. The number of aliphatic carboxylic acids is 1. The summed E-state index contributed by atoms with van der Waals surface area (Å²) in [5.41, 5.74) is -0.0334. The third-order valence-corrected chi connectivity index (χ3v) is 4.82. The fraction of sp³-hybridized carbons (Fsp3) is 0.286. The lowest BCUT2D eigenvalue weighted by Crippen LogP contribution is -2.40. The van der Waals surface area contributed by atoms with Crippen LogP contribution in [0, 0.1) is 10.1 Å². The second kappa shape index (κ2) is 5.38. The molecule has 1 aromatic carbocycles. The molecule has 1 fully saturated rings. The van der Waals surface area contributed by atoms with Gasteiger partial charge in [-0.25, -0.2) is 4.79 Å². The first-order valence-electron chi connectivity index (χ1n) is 6.69. The molecule has 22 heavy (non-hydrogen) atoms. The Bertz CT molecular complexity index is 785. The van der Waals surface area contributed by atoms with Gasteiger partial charge in [0, 0.05) is 28.8 Å². The van der Waals surface area contributed by atoms with E-state index in [-0.39, 0.29) is 11.6 Å². The van der Waals surface area contributed by atoms with Crippen molar-refractivity contribution in [1.29, 1.82) is 0 Å². The molecule has 8 heteroatoms. The Balaban J connectivity index is 1.94. The van der Waals surface area contributed by atoms with E-state index in [2.05, 4.69) is 0 Å². The first-order chi connectivity index (χ1) is 10.5. The molecule has 0 bridgehead atoms. The average Bonchev–Trinajstić information content (AvgIpc) is 3.12. The van der Waals surface area contributed by atoms with E-state index in [0.717, 1.165) is 4.70 Å². The summed E-state index contributed by atoms with van der Waals surface area (Å²) >= 11 is 1.22. The molecule has 1 amide bonds. The number of nitro groups is 1. The van der Waals surface area contributed by atoms with Crippen molar-refractivity contribution in [2.45, 2.75) is 18.9 Å².